The fourth-order valence-corrected chi connectivity index (χ4v) is 0.983. The second kappa shape index (κ2) is 4.04. The minimum absolute atomic E-state index is 0.0371. The number of hydrogen-bond acceptors (Lipinski definition) is 4. The summed E-state index contributed by atoms with van der Waals surface area (Å²) in [6, 6.07) is 0.992. The van der Waals surface area contributed by atoms with Crippen LogP contribution < -0.4 is 11.3 Å². The van der Waals surface area contributed by atoms with Gasteiger partial charge >= 0.3 is 0 Å². The molecule has 0 radical (unpaired) electrons. The highest BCUT2D eigenvalue weighted by Crippen LogP contribution is 2.01. The molecule has 13 heavy (non-hydrogen) atoms. The maximum atomic E-state index is 10.9. The Hall–Kier alpha value is -1.36. The van der Waals surface area contributed by atoms with E-state index in [1.165, 1.54) is 0 Å². The van der Waals surface area contributed by atoms with E-state index in [2.05, 4.69) is 9.97 Å². The van der Waals surface area contributed by atoms with Crippen LogP contribution in [0.15, 0.2) is 10.9 Å². The van der Waals surface area contributed by atoms with Crippen molar-refractivity contribution < 1.29 is 5.11 Å². The molecular weight excluding hydrogens is 170 g/mol. The third-order valence-electron chi connectivity index (χ3n) is 1.76. The molecule has 0 fully saturated rings. The Morgan fingerprint density at radius 1 is 1.77 bits per heavy atom. The van der Waals surface area contributed by atoms with Gasteiger partial charge in [-0.1, -0.05) is 6.92 Å². The van der Waals surface area contributed by atoms with Crippen LogP contribution in [0.25, 0.3) is 0 Å². The van der Waals surface area contributed by atoms with Gasteiger partial charge < -0.3 is 15.8 Å². The van der Waals surface area contributed by atoms with Gasteiger partial charge in [-0.15, -0.1) is 0 Å². The van der Waals surface area contributed by atoms with Crippen LogP contribution in [-0.4, -0.2) is 21.1 Å². The topological polar surface area (TPSA) is 92.0 Å². The first-order valence-electron chi connectivity index (χ1n) is 4.16. The Morgan fingerprint density at radius 3 is 3.00 bits per heavy atom. The quantitative estimate of drug-likeness (QED) is 0.602. The predicted molar refractivity (Wildman–Crippen MR) is 48.5 cm³/mol. The highest BCUT2D eigenvalue weighted by Gasteiger charge is 2.04. The zero-order chi connectivity index (χ0) is 9.84. The molecule has 0 aliphatic carbocycles. The number of rotatable bonds is 3. The van der Waals surface area contributed by atoms with E-state index in [0.29, 0.717) is 12.2 Å². The second-order valence-electron chi connectivity index (χ2n) is 2.92. The lowest BCUT2D eigenvalue weighted by molar-refractivity contribution is 0.445. The van der Waals surface area contributed by atoms with E-state index >= 15 is 0 Å². The summed E-state index contributed by atoms with van der Waals surface area (Å²) >= 11 is 0. The Labute approximate surface area is 75.6 Å². The zero-order valence-electron chi connectivity index (χ0n) is 7.45. The van der Waals surface area contributed by atoms with Gasteiger partial charge in [-0.2, -0.15) is 0 Å². The van der Waals surface area contributed by atoms with Crippen LogP contribution in [0.3, 0.4) is 0 Å². The van der Waals surface area contributed by atoms with Crippen LogP contribution in [0.1, 0.15) is 19.2 Å². The second-order valence-corrected chi connectivity index (χ2v) is 2.92. The van der Waals surface area contributed by atoms with Crippen LogP contribution in [0.4, 0.5) is 0 Å². The standard InChI is InChI=1S/C8H13N3O2/c1-2-5(9)3-6-10-7(12)4-8(13)11-6/h4-5H,2-3,9H2,1H3,(H2,10,11,12,13). The van der Waals surface area contributed by atoms with Crippen molar-refractivity contribution in [3.8, 4) is 5.88 Å². The molecule has 1 aromatic heterocycles. The molecule has 0 bridgehead atoms. The first kappa shape index (κ1) is 9.73. The predicted octanol–water partition coefficient (Wildman–Crippen LogP) is -0.245. The van der Waals surface area contributed by atoms with Crippen LogP contribution in [0.2, 0.25) is 0 Å². The van der Waals surface area contributed by atoms with Crippen molar-refractivity contribution in [2.45, 2.75) is 25.8 Å². The molecule has 0 spiro atoms. The van der Waals surface area contributed by atoms with Gasteiger partial charge in [-0.3, -0.25) is 4.79 Å². The lowest BCUT2D eigenvalue weighted by Crippen LogP contribution is -2.24. The van der Waals surface area contributed by atoms with Crippen molar-refractivity contribution in [3.63, 3.8) is 0 Å². The molecule has 1 rings (SSSR count). The van der Waals surface area contributed by atoms with Gasteiger partial charge in [0.2, 0.25) is 5.88 Å². The summed E-state index contributed by atoms with van der Waals surface area (Å²) in [6.07, 6.45) is 1.28. The van der Waals surface area contributed by atoms with Gasteiger partial charge in [0.25, 0.3) is 5.56 Å². The lowest BCUT2D eigenvalue weighted by Gasteiger charge is -2.06. The van der Waals surface area contributed by atoms with Gasteiger partial charge in [0.05, 0.1) is 6.07 Å². The van der Waals surface area contributed by atoms with E-state index in [-0.39, 0.29) is 17.5 Å². The number of aromatic amines is 1. The van der Waals surface area contributed by atoms with Gasteiger partial charge in [0.1, 0.15) is 5.82 Å². The number of aromatic nitrogens is 2. The fourth-order valence-electron chi connectivity index (χ4n) is 0.983. The summed E-state index contributed by atoms with van der Waals surface area (Å²) in [5, 5.41) is 9.01. The van der Waals surface area contributed by atoms with Gasteiger partial charge in [0, 0.05) is 12.5 Å². The Morgan fingerprint density at radius 2 is 2.46 bits per heavy atom. The van der Waals surface area contributed by atoms with Crippen LogP contribution in [0, 0.1) is 0 Å². The Kier molecular flexibility index (Phi) is 3.02. The van der Waals surface area contributed by atoms with E-state index in [1.807, 2.05) is 6.92 Å². The van der Waals surface area contributed by atoms with E-state index in [4.69, 9.17) is 10.8 Å². The zero-order valence-corrected chi connectivity index (χ0v) is 7.45. The van der Waals surface area contributed by atoms with Gasteiger partial charge in [-0.05, 0) is 6.42 Å². The number of hydrogen-bond donors (Lipinski definition) is 3. The summed E-state index contributed by atoms with van der Waals surface area (Å²) in [7, 11) is 0. The molecule has 4 N–H and O–H groups in total. The molecule has 5 heteroatoms. The van der Waals surface area contributed by atoms with Crippen molar-refractivity contribution in [2.24, 2.45) is 5.73 Å². The number of nitrogens with one attached hydrogen (secondary N) is 1. The maximum Gasteiger partial charge on any atom is 0.254 e. The summed E-state index contributed by atoms with van der Waals surface area (Å²) in [5.41, 5.74) is 5.31. The van der Waals surface area contributed by atoms with Crippen molar-refractivity contribution in [3.05, 3.63) is 22.2 Å². The molecule has 72 valence electrons. The molecule has 1 heterocycles. The molecule has 0 saturated carbocycles. The molecule has 1 aromatic rings. The largest absolute Gasteiger partial charge is 0.493 e. The molecule has 1 atom stereocenters. The summed E-state index contributed by atoms with van der Waals surface area (Å²) in [4.78, 5) is 17.1. The normalized spacial score (nSPS) is 12.8. The van der Waals surface area contributed by atoms with Crippen molar-refractivity contribution in [2.75, 3.05) is 0 Å². The number of nitrogens with zero attached hydrogens (tertiary/aromatic N) is 1. The van der Waals surface area contributed by atoms with Crippen molar-refractivity contribution in [1.29, 1.82) is 0 Å². The van der Waals surface area contributed by atoms with Gasteiger partial charge in [-0.25, -0.2) is 4.98 Å². The van der Waals surface area contributed by atoms with Crippen LogP contribution in [-0.2, 0) is 6.42 Å². The monoisotopic (exact) mass is 183 g/mol. The number of nitrogens with two attached hydrogens (primary N) is 1. The molecular formula is C8H13N3O2. The lowest BCUT2D eigenvalue weighted by atomic mass is 10.1. The van der Waals surface area contributed by atoms with E-state index in [9.17, 15) is 4.79 Å². The minimum atomic E-state index is -0.356. The molecule has 0 saturated heterocycles. The third kappa shape index (κ3) is 2.87. The number of aromatic hydroxyl groups is 1. The maximum absolute atomic E-state index is 10.9. The minimum Gasteiger partial charge on any atom is -0.493 e. The van der Waals surface area contributed by atoms with Crippen molar-refractivity contribution in [1.82, 2.24) is 9.97 Å². The molecule has 5 nitrogen and oxygen atoms in total. The average molecular weight is 183 g/mol. The first-order chi connectivity index (χ1) is 6.11. The van der Waals surface area contributed by atoms with E-state index < -0.39 is 0 Å². The molecule has 0 aliphatic heterocycles. The summed E-state index contributed by atoms with van der Waals surface area (Å²) < 4.78 is 0. The van der Waals surface area contributed by atoms with Crippen LogP contribution >= 0.6 is 0 Å². The highest BCUT2D eigenvalue weighted by atomic mass is 16.3. The first-order valence-corrected chi connectivity index (χ1v) is 4.16. The van der Waals surface area contributed by atoms with E-state index in [0.717, 1.165) is 12.5 Å². The summed E-state index contributed by atoms with van der Waals surface area (Å²) in [5.74, 6) is 0.168. The smallest absolute Gasteiger partial charge is 0.254 e. The third-order valence-corrected chi connectivity index (χ3v) is 1.76. The molecule has 0 aromatic carbocycles. The van der Waals surface area contributed by atoms with E-state index in [1.54, 1.807) is 0 Å². The average Bonchev–Trinajstić information content (AvgIpc) is 2.02. The SMILES string of the molecule is CCC(N)Cc1nc(O)cc(=O)[nH]1. The van der Waals surface area contributed by atoms with Gasteiger partial charge in [0.15, 0.2) is 0 Å². The molecule has 0 amide bonds. The highest BCUT2D eigenvalue weighted by molar-refractivity contribution is 5.07. The molecule has 0 aliphatic rings. The Bertz CT molecular complexity index is 334. The Balaban J connectivity index is 2.83. The van der Waals surface area contributed by atoms with Crippen molar-refractivity contribution >= 4 is 0 Å². The van der Waals surface area contributed by atoms with Crippen LogP contribution in [0.5, 0.6) is 5.88 Å². The summed E-state index contributed by atoms with van der Waals surface area (Å²) in [6.45, 7) is 1.95. The fraction of sp³-hybridized carbons (Fsp3) is 0.500. The molecule has 1 unspecified atom stereocenters. The number of H-pyrrole nitrogens is 1.